The summed E-state index contributed by atoms with van der Waals surface area (Å²) in [5.74, 6) is -0.0605. The number of ether oxygens (including phenoxy) is 2. The molecular weight excluding hydrogens is 374 g/mol. The average molecular weight is 393 g/mol. The van der Waals surface area contributed by atoms with Gasteiger partial charge in [-0.15, -0.1) is 11.3 Å². The average Bonchev–Trinajstić information content (AvgIpc) is 3.14. The van der Waals surface area contributed by atoms with Crippen LogP contribution in [0.4, 0.5) is 5.69 Å². The van der Waals surface area contributed by atoms with Gasteiger partial charge < -0.3 is 14.8 Å². The summed E-state index contributed by atoms with van der Waals surface area (Å²) in [5.41, 5.74) is 4.65. The van der Waals surface area contributed by atoms with E-state index in [4.69, 9.17) is 9.47 Å². The van der Waals surface area contributed by atoms with E-state index in [9.17, 15) is 9.59 Å². The molecule has 0 saturated heterocycles. The molecule has 1 N–H and O–H groups in total. The second kappa shape index (κ2) is 7.48. The number of fused-ring (bicyclic) bond motifs is 3. The molecule has 2 heterocycles. The number of para-hydroxylation sites is 1. The minimum atomic E-state index is -0.506. The number of hydrogen-bond acceptors (Lipinski definition) is 5. The molecule has 0 unspecified atom stereocenters. The summed E-state index contributed by atoms with van der Waals surface area (Å²) in [6.07, 6.45) is 0. The number of benzene rings is 2. The molecule has 0 spiro atoms. The minimum Gasteiger partial charge on any atom is -0.488 e. The second-order valence-corrected chi connectivity index (χ2v) is 7.74. The van der Waals surface area contributed by atoms with Crippen molar-refractivity contribution in [3.8, 4) is 16.2 Å². The highest BCUT2D eigenvalue weighted by atomic mass is 32.1. The van der Waals surface area contributed by atoms with Gasteiger partial charge in [-0.25, -0.2) is 4.79 Å². The molecule has 1 amide bonds. The first-order chi connectivity index (χ1) is 13.5. The van der Waals surface area contributed by atoms with Gasteiger partial charge in [0, 0.05) is 21.7 Å². The van der Waals surface area contributed by atoms with E-state index < -0.39 is 5.97 Å². The summed E-state index contributed by atoms with van der Waals surface area (Å²) in [6, 6.07) is 15.3. The smallest absolute Gasteiger partial charge is 0.348 e. The van der Waals surface area contributed by atoms with E-state index in [2.05, 4.69) is 5.32 Å². The third-order valence-electron chi connectivity index (χ3n) is 4.53. The van der Waals surface area contributed by atoms with Crippen LogP contribution in [0, 0.1) is 13.8 Å². The molecule has 1 aliphatic rings. The van der Waals surface area contributed by atoms with Crippen LogP contribution in [-0.2, 0) is 16.1 Å². The predicted octanol–water partition coefficient (Wildman–Crippen LogP) is 4.72. The van der Waals surface area contributed by atoms with Gasteiger partial charge in [-0.05, 0) is 49.2 Å². The lowest BCUT2D eigenvalue weighted by molar-refractivity contribution is -0.119. The Bertz CT molecular complexity index is 1070. The van der Waals surface area contributed by atoms with Crippen molar-refractivity contribution in [1.29, 1.82) is 0 Å². The molecule has 5 nitrogen and oxygen atoms in total. The second-order valence-electron chi connectivity index (χ2n) is 6.69. The van der Waals surface area contributed by atoms with Gasteiger partial charge in [-0.3, -0.25) is 4.79 Å². The Balaban J connectivity index is 1.42. The third kappa shape index (κ3) is 3.64. The maximum atomic E-state index is 12.4. The van der Waals surface area contributed by atoms with Crippen LogP contribution in [0.5, 0.6) is 5.75 Å². The highest BCUT2D eigenvalue weighted by molar-refractivity contribution is 7.17. The van der Waals surface area contributed by atoms with Gasteiger partial charge in [-0.1, -0.05) is 24.3 Å². The van der Waals surface area contributed by atoms with Crippen molar-refractivity contribution in [2.75, 3.05) is 11.9 Å². The molecule has 0 fully saturated rings. The molecule has 28 heavy (non-hydrogen) atoms. The molecule has 0 saturated carbocycles. The van der Waals surface area contributed by atoms with Crippen LogP contribution in [0.25, 0.3) is 10.4 Å². The van der Waals surface area contributed by atoms with Crippen LogP contribution in [0.1, 0.15) is 26.4 Å². The Morgan fingerprint density at radius 1 is 1.14 bits per heavy atom. The number of amides is 1. The van der Waals surface area contributed by atoms with Gasteiger partial charge >= 0.3 is 5.97 Å². The maximum Gasteiger partial charge on any atom is 0.348 e. The molecule has 0 atom stereocenters. The van der Waals surface area contributed by atoms with E-state index in [1.54, 1.807) is 6.07 Å². The summed E-state index contributed by atoms with van der Waals surface area (Å²) >= 11 is 1.36. The third-order valence-corrected chi connectivity index (χ3v) is 5.72. The van der Waals surface area contributed by atoms with Crippen LogP contribution < -0.4 is 10.1 Å². The maximum absolute atomic E-state index is 12.4. The van der Waals surface area contributed by atoms with Crippen LogP contribution >= 0.6 is 11.3 Å². The van der Waals surface area contributed by atoms with Crippen molar-refractivity contribution >= 4 is 28.9 Å². The Kier molecular flexibility index (Phi) is 4.88. The van der Waals surface area contributed by atoms with E-state index in [1.807, 2.05) is 56.3 Å². The first-order valence-corrected chi connectivity index (χ1v) is 9.72. The number of nitrogens with one attached hydrogen (secondary N) is 1. The first kappa shape index (κ1) is 18.3. The van der Waals surface area contributed by atoms with E-state index in [0.29, 0.717) is 11.5 Å². The molecule has 0 radical (unpaired) electrons. The highest BCUT2D eigenvalue weighted by Crippen LogP contribution is 2.42. The lowest BCUT2D eigenvalue weighted by atomic mass is 10.1. The Morgan fingerprint density at radius 3 is 2.82 bits per heavy atom. The number of hydrogen-bond donors (Lipinski definition) is 1. The quantitative estimate of drug-likeness (QED) is 0.652. The molecular formula is C22H19NO4S. The monoisotopic (exact) mass is 393 g/mol. The normalized spacial score (nSPS) is 11.8. The van der Waals surface area contributed by atoms with E-state index in [1.165, 1.54) is 11.3 Å². The number of rotatable bonds is 4. The highest BCUT2D eigenvalue weighted by Gasteiger charge is 2.23. The van der Waals surface area contributed by atoms with Crippen molar-refractivity contribution in [1.82, 2.24) is 0 Å². The zero-order valence-corrected chi connectivity index (χ0v) is 16.4. The summed E-state index contributed by atoms with van der Waals surface area (Å²) in [7, 11) is 0. The number of anilines is 1. The van der Waals surface area contributed by atoms with E-state index >= 15 is 0 Å². The van der Waals surface area contributed by atoms with Crippen LogP contribution in [0.15, 0.2) is 48.5 Å². The summed E-state index contributed by atoms with van der Waals surface area (Å²) in [6.45, 7) is 3.96. The van der Waals surface area contributed by atoms with Gasteiger partial charge in [0.1, 0.15) is 17.2 Å². The van der Waals surface area contributed by atoms with Crippen LogP contribution in [-0.4, -0.2) is 18.5 Å². The largest absolute Gasteiger partial charge is 0.488 e. The molecule has 3 aromatic rings. The van der Waals surface area contributed by atoms with Gasteiger partial charge in [0.2, 0.25) is 0 Å². The standard InChI is InChI=1S/C22H19NO4S/c1-13-7-8-14(2)17(9-13)23-20(24)12-27-22(25)19-10-15-11-26-18-6-4-3-5-16(18)21(15)28-19/h3-10H,11-12H2,1-2H3,(H,23,24). The fraction of sp³-hybridized carbons (Fsp3) is 0.182. The number of esters is 1. The lowest BCUT2D eigenvalue weighted by Gasteiger charge is -2.16. The molecule has 4 rings (SSSR count). The predicted molar refractivity (Wildman–Crippen MR) is 109 cm³/mol. The van der Waals surface area contributed by atoms with Crippen molar-refractivity contribution in [3.63, 3.8) is 0 Å². The lowest BCUT2D eigenvalue weighted by Crippen LogP contribution is -2.21. The van der Waals surface area contributed by atoms with Crippen molar-refractivity contribution in [2.24, 2.45) is 0 Å². The zero-order valence-electron chi connectivity index (χ0n) is 15.6. The van der Waals surface area contributed by atoms with Gasteiger partial charge in [-0.2, -0.15) is 0 Å². The number of thiophene rings is 1. The molecule has 2 aromatic carbocycles. The molecule has 0 aliphatic carbocycles. The number of carbonyl (C=O) groups is 2. The minimum absolute atomic E-state index is 0.331. The molecule has 142 valence electrons. The summed E-state index contributed by atoms with van der Waals surface area (Å²) in [4.78, 5) is 26.1. The number of aryl methyl sites for hydroxylation is 2. The Labute approximate surface area is 166 Å². The topological polar surface area (TPSA) is 64.6 Å². The molecule has 1 aromatic heterocycles. The summed E-state index contributed by atoms with van der Waals surface area (Å²) < 4.78 is 10.9. The summed E-state index contributed by atoms with van der Waals surface area (Å²) in [5, 5.41) is 2.79. The fourth-order valence-corrected chi connectivity index (χ4v) is 4.15. The van der Waals surface area contributed by atoms with Crippen molar-refractivity contribution in [3.05, 3.63) is 70.1 Å². The van der Waals surface area contributed by atoms with Crippen molar-refractivity contribution < 1.29 is 19.1 Å². The Morgan fingerprint density at radius 2 is 1.96 bits per heavy atom. The van der Waals surface area contributed by atoms with Gasteiger partial charge in [0.05, 0.1) is 0 Å². The van der Waals surface area contributed by atoms with Gasteiger partial charge in [0.25, 0.3) is 5.91 Å². The van der Waals surface area contributed by atoms with E-state index in [0.717, 1.165) is 38.6 Å². The molecule has 1 aliphatic heterocycles. The van der Waals surface area contributed by atoms with Crippen LogP contribution in [0.2, 0.25) is 0 Å². The fourth-order valence-electron chi connectivity index (χ4n) is 3.06. The molecule has 0 bridgehead atoms. The van der Waals surface area contributed by atoms with E-state index in [-0.39, 0.29) is 12.5 Å². The SMILES string of the molecule is Cc1ccc(C)c(NC(=O)COC(=O)c2cc3c(s2)-c2ccccc2OC3)c1. The number of carbonyl (C=O) groups excluding carboxylic acids is 2. The zero-order chi connectivity index (χ0) is 19.7. The first-order valence-electron chi connectivity index (χ1n) is 8.90. The van der Waals surface area contributed by atoms with Gasteiger partial charge in [0.15, 0.2) is 6.61 Å². The van der Waals surface area contributed by atoms with Crippen LogP contribution in [0.3, 0.4) is 0 Å². The Hall–Kier alpha value is -3.12. The molecule has 6 heteroatoms. The van der Waals surface area contributed by atoms with Crippen molar-refractivity contribution in [2.45, 2.75) is 20.5 Å².